The van der Waals surface area contributed by atoms with E-state index in [2.05, 4.69) is 32.2 Å². The Hall–Kier alpha value is -4.48. The van der Waals surface area contributed by atoms with Gasteiger partial charge in [0.15, 0.2) is 0 Å². The van der Waals surface area contributed by atoms with Crippen molar-refractivity contribution in [3.05, 3.63) is 72.2 Å². The molecule has 2 amide bonds. The van der Waals surface area contributed by atoms with Crippen molar-refractivity contribution < 1.29 is 27.5 Å². The highest BCUT2D eigenvalue weighted by Crippen LogP contribution is 2.32. The number of nitrogens with zero attached hydrogens (tertiary/aromatic N) is 4. The topological polar surface area (TPSA) is 109 Å². The molecule has 0 bridgehead atoms. The monoisotopic (exact) mass is 526 g/mol. The van der Waals surface area contributed by atoms with Gasteiger partial charge in [-0.3, -0.25) is 14.7 Å². The standard InChI is InChI=1S/C26H25F3N6O3/c1-5-24(36)33-21-9-16(18(28)10-19(21)29)17-11-31-20(8-13(17)2)15(4)32-25-30-7-6-23(34-25)35-22(14(3)27)12-38-26(35)37/h5-11,14-15,22H,1,12H2,2-4H3,(H,33,36)(H,30,32,34)/t14-,15-,22+/m0/s1. The number of aryl methyl sites for hydroxylation is 1. The van der Waals surface area contributed by atoms with Gasteiger partial charge < -0.3 is 15.4 Å². The highest BCUT2D eigenvalue weighted by atomic mass is 19.1. The third kappa shape index (κ3) is 5.43. The highest BCUT2D eigenvalue weighted by Gasteiger charge is 2.39. The lowest BCUT2D eigenvalue weighted by Crippen LogP contribution is -2.39. The zero-order valence-electron chi connectivity index (χ0n) is 20.8. The van der Waals surface area contributed by atoms with Crippen molar-refractivity contribution in [1.29, 1.82) is 0 Å². The maximum atomic E-state index is 14.6. The van der Waals surface area contributed by atoms with Crippen molar-refractivity contribution >= 4 is 29.5 Å². The zero-order valence-corrected chi connectivity index (χ0v) is 20.8. The van der Waals surface area contributed by atoms with Crippen LogP contribution in [-0.2, 0) is 9.53 Å². The van der Waals surface area contributed by atoms with Crippen LogP contribution in [0.4, 0.5) is 35.4 Å². The van der Waals surface area contributed by atoms with E-state index in [9.17, 15) is 22.8 Å². The summed E-state index contributed by atoms with van der Waals surface area (Å²) in [6.07, 6.45) is 1.85. The molecule has 38 heavy (non-hydrogen) atoms. The van der Waals surface area contributed by atoms with Crippen molar-refractivity contribution in [3.63, 3.8) is 0 Å². The number of pyridine rings is 1. The molecule has 1 aliphatic heterocycles. The third-order valence-electron chi connectivity index (χ3n) is 6.04. The van der Waals surface area contributed by atoms with Crippen LogP contribution in [0.2, 0.25) is 0 Å². The molecule has 1 aliphatic rings. The number of halogens is 3. The van der Waals surface area contributed by atoms with Crippen LogP contribution < -0.4 is 15.5 Å². The van der Waals surface area contributed by atoms with Crippen molar-refractivity contribution in [2.45, 2.75) is 39.0 Å². The van der Waals surface area contributed by atoms with Crippen molar-refractivity contribution in [2.75, 3.05) is 22.1 Å². The number of nitrogens with one attached hydrogen (secondary N) is 2. The molecule has 0 spiro atoms. The number of carbonyl (C=O) groups is 2. The Bertz CT molecular complexity index is 1400. The van der Waals surface area contributed by atoms with Crippen LogP contribution in [0.5, 0.6) is 0 Å². The number of carbonyl (C=O) groups excluding carboxylic acids is 2. The van der Waals surface area contributed by atoms with Crippen LogP contribution in [0.25, 0.3) is 11.1 Å². The predicted octanol–water partition coefficient (Wildman–Crippen LogP) is 5.11. The number of hydrogen-bond donors (Lipinski definition) is 2. The van der Waals surface area contributed by atoms with E-state index >= 15 is 0 Å². The second-order valence-electron chi connectivity index (χ2n) is 8.73. The summed E-state index contributed by atoms with van der Waals surface area (Å²) < 4.78 is 47.8. The molecule has 0 radical (unpaired) electrons. The van der Waals surface area contributed by atoms with Gasteiger partial charge in [-0.1, -0.05) is 6.58 Å². The van der Waals surface area contributed by atoms with Crippen LogP contribution in [-0.4, -0.2) is 45.8 Å². The van der Waals surface area contributed by atoms with Gasteiger partial charge in [0.25, 0.3) is 0 Å². The zero-order chi connectivity index (χ0) is 27.6. The van der Waals surface area contributed by atoms with Gasteiger partial charge >= 0.3 is 6.09 Å². The van der Waals surface area contributed by atoms with Gasteiger partial charge in [-0.05, 0) is 50.6 Å². The van der Waals surface area contributed by atoms with E-state index in [1.165, 1.54) is 31.5 Å². The molecule has 3 atom stereocenters. The summed E-state index contributed by atoms with van der Waals surface area (Å²) in [6.45, 7) is 8.13. The van der Waals surface area contributed by atoms with E-state index in [-0.39, 0.29) is 29.6 Å². The molecule has 2 N–H and O–H groups in total. The minimum atomic E-state index is -1.32. The summed E-state index contributed by atoms with van der Waals surface area (Å²) in [4.78, 5) is 37.8. The number of hydrogen-bond acceptors (Lipinski definition) is 7. The van der Waals surface area contributed by atoms with Gasteiger partial charge in [0.1, 0.15) is 36.3 Å². The molecule has 12 heteroatoms. The summed E-state index contributed by atoms with van der Waals surface area (Å²) >= 11 is 0. The smallest absolute Gasteiger partial charge is 0.416 e. The molecule has 4 rings (SSSR count). The minimum Gasteiger partial charge on any atom is -0.447 e. The van der Waals surface area contributed by atoms with Crippen molar-refractivity contribution in [2.24, 2.45) is 0 Å². The quantitative estimate of drug-likeness (QED) is 0.393. The van der Waals surface area contributed by atoms with Gasteiger partial charge in [-0.25, -0.2) is 22.9 Å². The van der Waals surface area contributed by atoms with Gasteiger partial charge in [0.2, 0.25) is 11.9 Å². The normalized spacial score (nSPS) is 16.5. The predicted molar refractivity (Wildman–Crippen MR) is 135 cm³/mol. The second kappa shape index (κ2) is 10.9. The van der Waals surface area contributed by atoms with Crippen molar-refractivity contribution in [1.82, 2.24) is 15.0 Å². The number of ether oxygens (including phenoxy) is 1. The Morgan fingerprint density at radius 3 is 2.66 bits per heavy atom. The number of alkyl halides is 1. The van der Waals surface area contributed by atoms with Gasteiger partial charge in [0, 0.05) is 29.6 Å². The summed E-state index contributed by atoms with van der Waals surface area (Å²) in [5.41, 5.74) is 1.49. The molecule has 198 valence electrons. The molecule has 1 aromatic carbocycles. The fourth-order valence-corrected chi connectivity index (χ4v) is 3.99. The first-order valence-corrected chi connectivity index (χ1v) is 11.7. The maximum Gasteiger partial charge on any atom is 0.416 e. The molecule has 0 aliphatic carbocycles. The summed E-state index contributed by atoms with van der Waals surface area (Å²) in [6, 6.07) is 3.89. The lowest BCUT2D eigenvalue weighted by atomic mass is 9.99. The number of amides is 2. The summed E-state index contributed by atoms with van der Waals surface area (Å²) in [7, 11) is 0. The second-order valence-corrected chi connectivity index (χ2v) is 8.73. The van der Waals surface area contributed by atoms with E-state index in [4.69, 9.17) is 4.74 Å². The molecular formula is C26H25F3N6O3. The van der Waals surface area contributed by atoms with E-state index in [1.807, 2.05) is 0 Å². The first kappa shape index (κ1) is 26.6. The fraction of sp³-hybridized carbons (Fsp3) is 0.269. The summed E-state index contributed by atoms with van der Waals surface area (Å²) in [5.74, 6) is -1.99. The SMILES string of the molecule is C=CC(=O)Nc1cc(-c2cnc([C@H](C)Nc3nccc(N4C(=O)OC[C@@H]4[C@H](C)F)n3)cc2C)c(F)cc1F. The number of rotatable bonds is 8. The third-order valence-corrected chi connectivity index (χ3v) is 6.04. The number of aromatic nitrogens is 3. The van der Waals surface area contributed by atoms with Crippen LogP contribution in [0, 0.1) is 18.6 Å². The highest BCUT2D eigenvalue weighted by molar-refractivity contribution is 5.99. The molecular weight excluding hydrogens is 501 g/mol. The first-order chi connectivity index (χ1) is 18.1. The average Bonchev–Trinajstić information content (AvgIpc) is 3.27. The van der Waals surface area contributed by atoms with E-state index in [0.29, 0.717) is 22.9 Å². The maximum absolute atomic E-state index is 14.6. The lowest BCUT2D eigenvalue weighted by Gasteiger charge is -2.22. The fourth-order valence-electron chi connectivity index (χ4n) is 3.99. The largest absolute Gasteiger partial charge is 0.447 e. The Labute approximate surface area is 216 Å². The molecule has 1 saturated heterocycles. The Kier molecular flexibility index (Phi) is 7.60. The minimum absolute atomic E-state index is 0.0631. The average molecular weight is 527 g/mol. The molecule has 0 saturated carbocycles. The molecule has 9 nitrogen and oxygen atoms in total. The lowest BCUT2D eigenvalue weighted by molar-refractivity contribution is -0.111. The molecule has 3 heterocycles. The van der Waals surface area contributed by atoms with Crippen molar-refractivity contribution in [3.8, 4) is 11.1 Å². The number of anilines is 3. The first-order valence-electron chi connectivity index (χ1n) is 11.7. The molecule has 1 fully saturated rings. The van der Waals surface area contributed by atoms with Gasteiger partial charge in [0.05, 0.1) is 17.4 Å². The van der Waals surface area contributed by atoms with Crippen LogP contribution in [0.1, 0.15) is 31.1 Å². The van der Waals surface area contributed by atoms with Crippen LogP contribution >= 0.6 is 0 Å². The molecule has 0 unspecified atom stereocenters. The van der Waals surface area contributed by atoms with E-state index < -0.39 is 41.9 Å². The van der Waals surface area contributed by atoms with Crippen LogP contribution in [0.3, 0.4) is 0 Å². The number of cyclic esters (lactones) is 1. The van der Waals surface area contributed by atoms with E-state index in [1.54, 1.807) is 19.9 Å². The molecule has 3 aromatic rings. The van der Waals surface area contributed by atoms with Crippen LogP contribution in [0.15, 0.2) is 49.3 Å². The summed E-state index contributed by atoms with van der Waals surface area (Å²) in [5, 5.41) is 5.40. The Morgan fingerprint density at radius 1 is 1.21 bits per heavy atom. The molecule has 2 aromatic heterocycles. The Morgan fingerprint density at radius 2 is 1.97 bits per heavy atom. The van der Waals surface area contributed by atoms with E-state index in [0.717, 1.165) is 11.0 Å². The Balaban J connectivity index is 1.56. The van der Waals surface area contributed by atoms with Gasteiger partial charge in [-0.15, -0.1) is 0 Å². The van der Waals surface area contributed by atoms with Gasteiger partial charge in [-0.2, -0.15) is 4.98 Å². The number of benzene rings is 1.